The second kappa shape index (κ2) is 6.96. The van der Waals surface area contributed by atoms with Crippen LogP contribution in [0.2, 0.25) is 0 Å². The van der Waals surface area contributed by atoms with E-state index in [2.05, 4.69) is 14.9 Å². The van der Waals surface area contributed by atoms with E-state index in [0.29, 0.717) is 43.4 Å². The van der Waals surface area contributed by atoms with E-state index < -0.39 is 0 Å². The van der Waals surface area contributed by atoms with Crippen LogP contribution in [0.5, 0.6) is 11.5 Å². The predicted molar refractivity (Wildman–Crippen MR) is 92.2 cm³/mol. The molecular weight excluding hydrogens is 320 g/mol. The van der Waals surface area contributed by atoms with Crippen molar-refractivity contribution in [2.45, 2.75) is 6.42 Å². The third-order valence-electron chi connectivity index (χ3n) is 4.45. The Morgan fingerprint density at radius 3 is 2.84 bits per heavy atom. The highest BCUT2D eigenvalue weighted by Crippen LogP contribution is 2.34. The number of fused-ring (bicyclic) bond motifs is 1. The Balaban J connectivity index is 1.50. The molecule has 0 radical (unpaired) electrons. The molecule has 1 fully saturated rings. The molecule has 0 aliphatic carbocycles. The van der Waals surface area contributed by atoms with Crippen LogP contribution in [-0.4, -0.2) is 60.2 Å². The number of amides is 1. The average Bonchev–Trinajstić information content (AvgIpc) is 2.94. The molecule has 0 unspecified atom stereocenters. The number of benzene rings is 1. The molecule has 0 spiro atoms. The maximum Gasteiger partial charge on any atom is 0.257 e. The predicted octanol–water partition coefficient (Wildman–Crippen LogP) is 1.60. The first-order valence-electron chi connectivity index (χ1n) is 8.52. The largest absolute Gasteiger partial charge is 0.486 e. The minimum absolute atomic E-state index is 0.0108. The summed E-state index contributed by atoms with van der Waals surface area (Å²) in [6, 6.07) is 5.48. The Labute approximate surface area is 146 Å². The SMILES string of the molecule is O=C(c1cccc2c1OCCO2)N1CCCN(c2cnccn2)CC1. The minimum atomic E-state index is -0.0108. The van der Waals surface area contributed by atoms with E-state index in [1.165, 1.54) is 0 Å². The summed E-state index contributed by atoms with van der Waals surface area (Å²) >= 11 is 0. The van der Waals surface area contributed by atoms with Crippen molar-refractivity contribution in [2.24, 2.45) is 0 Å². The molecule has 3 heterocycles. The van der Waals surface area contributed by atoms with Crippen molar-refractivity contribution in [1.29, 1.82) is 0 Å². The Morgan fingerprint density at radius 1 is 1.04 bits per heavy atom. The van der Waals surface area contributed by atoms with Crippen LogP contribution in [0.25, 0.3) is 0 Å². The van der Waals surface area contributed by atoms with Crippen LogP contribution in [0.15, 0.2) is 36.8 Å². The Kier molecular flexibility index (Phi) is 4.37. The Hall–Kier alpha value is -2.83. The number of nitrogens with zero attached hydrogens (tertiary/aromatic N) is 4. The van der Waals surface area contributed by atoms with Crippen LogP contribution in [0.1, 0.15) is 16.8 Å². The molecule has 2 aliphatic heterocycles. The molecule has 4 rings (SSSR count). The topological polar surface area (TPSA) is 67.8 Å². The fourth-order valence-electron chi connectivity index (χ4n) is 3.22. The zero-order valence-electron chi connectivity index (χ0n) is 13.9. The van der Waals surface area contributed by atoms with Crippen LogP contribution in [0, 0.1) is 0 Å². The molecule has 0 atom stereocenters. The standard InChI is InChI=1S/C18H20N4O3/c23-18(14-3-1-4-15-17(14)25-12-11-24-15)22-8-2-7-21(9-10-22)16-13-19-5-6-20-16/h1,3-6,13H,2,7-12H2. The molecular formula is C18H20N4O3. The molecule has 1 amide bonds. The van der Waals surface area contributed by atoms with Gasteiger partial charge in [0.25, 0.3) is 5.91 Å². The summed E-state index contributed by atoms with van der Waals surface area (Å²) in [7, 11) is 0. The van der Waals surface area contributed by atoms with Crippen molar-refractivity contribution in [3.05, 3.63) is 42.4 Å². The van der Waals surface area contributed by atoms with Gasteiger partial charge in [-0.25, -0.2) is 4.98 Å². The number of ether oxygens (including phenoxy) is 2. The molecule has 7 nitrogen and oxygen atoms in total. The molecule has 0 saturated carbocycles. The quantitative estimate of drug-likeness (QED) is 0.827. The third-order valence-corrected chi connectivity index (χ3v) is 4.45. The number of para-hydroxylation sites is 1. The number of anilines is 1. The molecule has 130 valence electrons. The molecule has 25 heavy (non-hydrogen) atoms. The van der Waals surface area contributed by atoms with Gasteiger partial charge in [0.1, 0.15) is 19.0 Å². The Bertz CT molecular complexity index is 753. The summed E-state index contributed by atoms with van der Waals surface area (Å²) in [6.45, 7) is 3.92. The zero-order valence-corrected chi connectivity index (χ0v) is 13.9. The number of hydrogen-bond acceptors (Lipinski definition) is 6. The van der Waals surface area contributed by atoms with Crippen LogP contribution in [0.3, 0.4) is 0 Å². The molecule has 1 aromatic carbocycles. The second-order valence-corrected chi connectivity index (χ2v) is 6.03. The number of carbonyl (C=O) groups excluding carboxylic acids is 1. The van der Waals surface area contributed by atoms with Crippen molar-refractivity contribution >= 4 is 11.7 Å². The molecule has 2 aromatic rings. The van der Waals surface area contributed by atoms with Gasteiger partial charge in [-0.1, -0.05) is 6.07 Å². The fraction of sp³-hybridized carbons (Fsp3) is 0.389. The first kappa shape index (κ1) is 15.7. The van der Waals surface area contributed by atoms with Gasteiger partial charge in [-0.2, -0.15) is 0 Å². The second-order valence-electron chi connectivity index (χ2n) is 6.03. The maximum atomic E-state index is 13.0. The molecule has 0 bridgehead atoms. The van der Waals surface area contributed by atoms with Gasteiger partial charge in [-0.15, -0.1) is 0 Å². The fourth-order valence-corrected chi connectivity index (χ4v) is 3.22. The van der Waals surface area contributed by atoms with Gasteiger partial charge < -0.3 is 19.3 Å². The number of aromatic nitrogens is 2. The number of carbonyl (C=O) groups is 1. The first-order valence-corrected chi connectivity index (χ1v) is 8.52. The molecule has 1 saturated heterocycles. The Morgan fingerprint density at radius 2 is 1.96 bits per heavy atom. The number of rotatable bonds is 2. The summed E-state index contributed by atoms with van der Waals surface area (Å²) < 4.78 is 11.3. The molecule has 0 N–H and O–H groups in total. The van der Waals surface area contributed by atoms with E-state index in [4.69, 9.17) is 9.47 Å². The first-order chi connectivity index (χ1) is 12.3. The van der Waals surface area contributed by atoms with Gasteiger partial charge in [0.15, 0.2) is 11.5 Å². The van der Waals surface area contributed by atoms with E-state index in [9.17, 15) is 4.79 Å². The maximum absolute atomic E-state index is 13.0. The highest BCUT2D eigenvalue weighted by atomic mass is 16.6. The van der Waals surface area contributed by atoms with Gasteiger partial charge in [-0.3, -0.25) is 9.78 Å². The van der Waals surface area contributed by atoms with Crippen LogP contribution in [0.4, 0.5) is 5.82 Å². The van der Waals surface area contributed by atoms with E-state index in [1.54, 1.807) is 24.7 Å². The molecule has 7 heteroatoms. The van der Waals surface area contributed by atoms with Gasteiger partial charge in [0.2, 0.25) is 0 Å². The van der Waals surface area contributed by atoms with Crippen LogP contribution < -0.4 is 14.4 Å². The minimum Gasteiger partial charge on any atom is -0.486 e. The molecule has 2 aliphatic rings. The highest BCUT2D eigenvalue weighted by molar-refractivity contribution is 5.98. The lowest BCUT2D eigenvalue weighted by Crippen LogP contribution is -2.36. The van der Waals surface area contributed by atoms with Gasteiger partial charge in [-0.05, 0) is 18.6 Å². The van der Waals surface area contributed by atoms with E-state index in [0.717, 1.165) is 25.3 Å². The lowest BCUT2D eigenvalue weighted by molar-refractivity contribution is 0.0756. The lowest BCUT2D eigenvalue weighted by atomic mass is 10.1. The van der Waals surface area contributed by atoms with E-state index in [-0.39, 0.29) is 5.91 Å². The van der Waals surface area contributed by atoms with Crippen LogP contribution in [-0.2, 0) is 0 Å². The van der Waals surface area contributed by atoms with Gasteiger partial charge in [0.05, 0.1) is 11.8 Å². The van der Waals surface area contributed by atoms with Gasteiger partial charge >= 0.3 is 0 Å². The zero-order chi connectivity index (χ0) is 17.1. The van der Waals surface area contributed by atoms with Gasteiger partial charge in [0, 0.05) is 38.6 Å². The number of hydrogen-bond donors (Lipinski definition) is 0. The summed E-state index contributed by atoms with van der Waals surface area (Å²) in [5.41, 5.74) is 0.574. The summed E-state index contributed by atoms with van der Waals surface area (Å²) in [4.78, 5) is 25.5. The van der Waals surface area contributed by atoms with Crippen molar-refractivity contribution in [3.63, 3.8) is 0 Å². The summed E-state index contributed by atoms with van der Waals surface area (Å²) in [5, 5.41) is 0. The van der Waals surface area contributed by atoms with Crippen molar-refractivity contribution in [2.75, 3.05) is 44.3 Å². The van der Waals surface area contributed by atoms with Crippen molar-refractivity contribution < 1.29 is 14.3 Å². The average molecular weight is 340 g/mol. The normalized spacial score (nSPS) is 17.1. The van der Waals surface area contributed by atoms with E-state index >= 15 is 0 Å². The summed E-state index contributed by atoms with van der Waals surface area (Å²) in [6.07, 6.45) is 6.00. The monoisotopic (exact) mass is 340 g/mol. The summed E-state index contributed by atoms with van der Waals surface area (Å²) in [5.74, 6) is 2.05. The van der Waals surface area contributed by atoms with E-state index in [1.807, 2.05) is 17.0 Å². The molecule has 1 aromatic heterocycles. The van der Waals surface area contributed by atoms with Crippen LogP contribution >= 0.6 is 0 Å². The smallest absolute Gasteiger partial charge is 0.257 e. The highest BCUT2D eigenvalue weighted by Gasteiger charge is 2.26. The van der Waals surface area contributed by atoms with Crippen molar-refractivity contribution in [3.8, 4) is 11.5 Å². The lowest BCUT2D eigenvalue weighted by Gasteiger charge is -2.25. The van der Waals surface area contributed by atoms with Crippen molar-refractivity contribution in [1.82, 2.24) is 14.9 Å². The third kappa shape index (κ3) is 3.22.